The SMILES string of the molecule is O=c1ccccn1CS(=O)(=O)c1ccc(O)cc1. The fourth-order valence-electron chi connectivity index (χ4n) is 1.48. The molecule has 0 atom stereocenters. The smallest absolute Gasteiger partial charge is 0.251 e. The molecule has 0 aliphatic heterocycles. The molecule has 0 spiro atoms. The predicted octanol–water partition coefficient (Wildman–Crippen LogP) is 0.985. The summed E-state index contributed by atoms with van der Waals surface area (Å²) in [4.78, 5) is 11.5. The van der Waals surface area contributed by atoms with Gasteiger partial charge in [0.05, 0.1) is 4.90 Å². The summed E-state index contributed by atoms with van der Waals surface area (Å²) in [6.07, 6.45) is 1.42. The standard InChI is InChI=1S/C12H11NO4S/c14-10-4-6-11(7-5-10)18(16,17)9-13-8-2-1-3-12(13)15/h1-8,14H,9H2. The summed E-state index contributed by atoms with van der Waals surface area (Å²) in [7, 11) is -3.60. The Balaban J connectivity index is 2.36. The number of sulfone groups is 1. The molecule has 1 N–H and O–H groups in total. The Bertz CT molecular complexity index is 701. The van der Waals surface area contributed by atoms with Crippen molar-refractivity contribution in [3.8, 4) is 5.75 Å². The molecular formula is C12H11NO4S. The van der Waals surface area contributed by atoms with Crippen LogP contribution in [0.1, 0.15) is 0 Å². The molecule has 0 radical (unpaired) electrons. The molecule has 94 valence electrons. The summed E-state index contributed by atoms with van der Waals surface area (Å²) >= 11 is 0. The normalized spacial score (nSPS) is 11.3. The number of nitrogens with zero attached hydrogens (tertiary/aromatic N) is 1. The zero-order valence-electron chi connectivity index (χ0n) is 9.35. The van der Waals surface area contributed by atoms with Crippen molar-refractivity contribution in [2.24, 2.45) is 0 Å². The van der Waals surface area contributed by atoms with Crippen molar-refractivity contribution in [1.29, 1.82) is 0 Å². The molecule has 0 fully saturated rings. The highest BCUT2D eigenvalue weighted by atomic mass is 32.2. The molecule has 0 bridgehead atoms. The fourth-order valence-corrected chi connectivity index (χ4v) is 2.76. The molecule has 1 aromatic heterocycles. The molecule has 0 amide bonds. The van der Waals surface area contributed by atoms with Crippen molar-refractivity contribution in [1.82, 2.24) is 4.57 Å². The van der Waals surface area contributed by atoms with Crippen LogP contribution in [0.4, 0.5) is 0 Å². The molecule has 18 heavy (non-hydrogen) atoms. The monoisotopic (exact) mass is 265 g/mol. The number of phenols is 1. The Hall–Kier alpha value is -2.08. The maximum atomic E-state index is 12.0. The molecule has 2 rings (SSSR count). The number of hydrogen-bond donors (Lipinski definition) is 1. The maximum absolute atomic E-state index is 12.0. The summed E-state index contributed by atoms with van der Waals surface area (Å²) in [6, 6.07) is 9.63. The number of benzene rings is 1. The molecule has 0 unspecified atom stereocenters. The Morgan fingerprint density at radius 3 is 2.33 bits per heavy atom. The number of aromatic hydroxyl groups is 1. The van der Waals surface area contributed by atoms with Crippen LogP contribution in [0.15, 0.2) is 58.4 Å². The molecular weight excluding hydrogens is 254 g/mol. The summed E-state index contributed by atoms with van der Waals surface area (Å²) in [6.45, 7) is 0. The van der Waals surface area contributed by atoms with E-state index in [4.69, 9.17) is 5.11 Å². The molecule has 0 aliphatic carbocycles. The minimum Gasteiger partial charge on any atom is -0.508 e. The van der Waals surface area contributed by atoms with E-state index < -0.39 is 15.7 Å². The second-order valence-electron chi connectivity index (χ2n) is 3.75. The quantitative estimate of drug-likeness (QED) is 0.897. The van der Waals surface area contributed by atoms with Crippen molar-refractivity contribution in [2.45, 2.75) is 10.8 Å². The third kappa shape index (κ3) is 2.60. The fraction of sp³-hybridized carbons (Fsp3) is 0.0833. The molecule has 1 aromatic carbocycles. The average molecular weight is 265 g/mol. The lowest BCUT2D eigenvalue weighted by atomic mass is 10.3. The van der Waals surface area contributed by atoms with Gasteiger partial charge in [-0.15, -0.1) is 0 Å². The predicted molar refractivity (Wildman–Crippen MR) is 66.0 cm³/mol. The van der Waals surface area contributed by atoms with Crippen LogP contribution in [-0.4, -0.2) is 18.1 Å². The first-order valence-corrected chi connectivity index (χ1v) is 6.81. The molecule has 0 aliphatic rings. The van der Waals surface area contributed by atoms with Crippen molar-refractivity contribution < 1.29 is 13.5 Å². The molecule has 2 aromatic rings. The number of aromatic nitrogens is 1. The van der Waals surface area contributed by atoms with Crippen molar-refractivity contribution >= 4 is 9.84 Å². The molecule has 0 saturated carbocycles. The lowest BCUT2D eigenvalue weighted by molar-refractivity contribution is 0.474. The second kappa shape index (κ2) is 4.66. The van der Waals surface area contributed by atoms with Gasteiger partial charge in [-0.05, 0) is 30.3 Å². The third-order valence-electron chi connectivity index (χ3n) is 2.40. The van der Waals surface area contributed by atoms with E-state index in [1.165, 1.54) is 36.5 Å². The van der Waals surface area contributed by atoms with Crippen LogP contribution in [0.2, 0.25) is 0 Å². The topological polar surface area (TPSA) is 76.4 Å². The van der Waals surface area contributed by atoms with E-state index in [-0.39, 0.29) is 16.2 Å². The van der Waals surface area contributed by atoms with Gasteiger partial charge < -0.3 is 9.67 Å². The van der Waals surface area contributed by atoms with Crippen LogP contribution < -0.4 is 5.56 Å². The van der Waals surface area contributed by atoms with Crippen LogP contribution in [0, 0.1) is 0 Å². The van der Waals surface area contributed by atoms with Gasteiger partial charge in [-0.2, -0.15) is 0 Å². The summed E-state index contributed by atoms with van der Waals surface area (Å²) in [5.41, 5.74) is -0.375. The Morgan fingerprint density at radius 1 is 1.06 bits per heavy atom. The van der Waals surface area contributed by atoms with Gasteiger partial charge in [-0.25, -0.2) is 8.42 Å². The first-order valence-electron chi connectivity index (χ1n) is 5.16. The van der Waals surface area contributed by atoms with E-state index in [9.17, 15) is 13.2 Å². The summed E-state index contributed by atoms with van der Waals surface area (Å²) < 4.78 is 25.2. The molecule has 1 heterocycles. The number of rotatable bonds is 3. The lowest BCUT2D eigenvalue weighted by Gasteiger charge is -2.06. The highest BCUT2D eigenvalue weighted by molar-refractivity contribution is 7.90. The first-order chi connectivity index (χ1) is 8.49. The largest absolute Gasteiger partial charge is 0.508 e. The second-order valence-corrected chi connectivity index (χ2v) is 5.71. The van der Waals surface area contributed by atoms with Crippen LogP contribution in [0.25, 0.3) is 0 Å². The third-order valence-corrected chi connectivity index (χ3v) is 4.01. The van der Waals surface area contributed by atoms with Gasteiger partial charge in [-0.1, -0.05) is 6.07 Å². The zero-order valence-corrected chi connectivity index (χ0v) is 10.2. The van der Waals surface area contributed by atoms with Crippen LogP contribution in [0.5, 0.6) is 5.75 Å². The zero-order chi connectivity index (χ0) is 13.2. The van der Waals surface area contributed by atoms with Gasteiger partial charge in [0, 0.05) is 12.3 Å². The van der Waals surface area contributed by atoms with E-state index in [1.807, 2.05) is 0 Å². The molecule has 0 saturated heterocycles. The minimum absolute atomic E-state index is 0.00849. The van der Waals surface area contributed by atoms with E-state index in [0.29, 0.717) is 0 Å². The van der Waals surface area contributed by atoms with Crippen LogP contribution in [-0.2, 0) is 15.7 Å². The molecule has 5 nitrogen and oxygen atoms in total. The summed E-state index contributed by atoms with van der Waals surface area (Å²) in [5.74, 6) is -0.428. The van der Waals surface area contributed by atoms with E-state index >= 15 is 0 Å². The summed E-state index contributed by atoms with van der Waals surface area (Å²) in [5, 5.41) is 9.11. The van der Waals surface area contributed by atoms with E-state index in [2.05, 4.69) is 0 Å². The number of pyridine rings is 1. The van der Waals surface area contributed by atoms with Gasteiger partial charge in [0.2, 0.25) is 0 Å². The van der Waals surface area contributed by atoms with Gasteiger partial charge in [0.1, 0.15) is 11.6 Å². The Kier molecular flexibility index (Phi) is 3.20. The van der Waals surface area contributed by atoms with E-state index in [0.717, 1.165) is 4.57 Å². The first kappa shape index (κ1) is 12.4. The highest BCUT2D eigenvalue weighted by Crippen LogP contribution is 2.16. The van der Waals surface area contributed by atoms with Crippen LogP contribution in [0.3, 0.4) is 0 Å². The van der Waals surface area contributed by atoms with Gasteiger partial charge in [-0.3, -0.25) is 4.79 Å². The lowest BCUT2D eigenvalue weighted by Crippen LogP contribution is -2.22. The Morgan fingerprint density at radius 2 is 1.72 bits per heavy atom. The number of phenolic OH excluding ortho intramolecular Hbond substituents is 1. The maximum Gasteiger partial charge on any atom is 0.251 e. The molecule has 6 heteroatoms. The van der Waals surface area contributed by atoms with Crippen molar-refractivity contribution in [3.05, 3.63) is 59.0 Å². The Labute approximate surface area is 104 Å². The minimum atomic E-state index is -3.60. The van der Waals surface area contributed by atoms with Crippen molar-refractivity contribution in [2.75, 3.05) is 0 Å². The number of hydrogen-bond acceptors (Lipinski definition) is 4. The van der Waals surface area contributed by atoms with Gasteiger partial charge >= 0.3 is 0 Å². The van der Waals surface area contributed by atoms with E-state index in [1.54, 1.807) is 12.1 Å². The van der Waals surface area contributed by atoms with Crippen LogP contribution >= 0.6 is 0 Å². The van der Waals surface area contributed by atoms with Crippen molar-refractivity contribution in [3.63, 3.8) is 0 Å². The van der Waals surface area contributed by atoms with Gasteiger partial charge in [0.25, 0.3) is 5.56 Å². The highest BCUT2D eigenvalue weighted by Gasteiger charge is 2.15. The van der Waals surface area contributed by atoms with Gasteiger partial charge in [0.15, 0.2) is 9.84 Å². The average Bonchev–Trinajstić information content (AvgIpc) is 2.32.